The van der Waals surface area contributed by atoms with Crippen molar-refractivity contribution in [3.05, 3.63) is 30.1 Å². The molecule has 1 aliphatic rings. The fourth-order valence-electron chi connectivity index (χ4n) is 2.13. The highest BCUT2D eigenvalue weighted by Crippen LogP contribution is 2.37. The predicted molar refractivity (Wildman–Crippen MR) is 77.7 cm³/mol. The Morgan fingerprint density at radius 2 is 1.90 bits per heavy atom. The van der Waals surface area contributed by atoms with Gasteiger partial charge in [-0.1, -0.05) is 0 Å². The third-order valence-corrected chi connectivity index (χ3v) is 3.24. The van der Waals surface area contributed by atoms with Gasteiger partial charge in [-0.15, -0.1) is 0 Å². The van der Waals surface area contributed by atoms with Crippen molar-refractivity contribution >= 4 is 18.1 Å². The topological polar surface area (TPSA) is 46.6 Å². The van der Waals surface area contributed by atoms with E-state index >= 15 is 0 Å². The maximum absolute atomic E-state index is 13.1. The minimum absolute atomic E-state index is 0.153. The summed E-state index contributed by atoms with van der Waals surface area (Å²) in [5, 5.41) is 0. The Labute approximate surface area is 123 Å². The zero-order valence-corrected chi connectivity index (χ0v) is 12.5. The number of nitrogens with zero attached hydrogens (tertiary/aromatic N) is 1. The molecule has 0 spiro atoms. The Morgan fingerprint density at radius 1 is 1.33 bits per heavy atom. The number of amides is 1. The van der Waals surface area contributed by atoms with E-state index < -0.39 is 23.6 Å². The van der Waals surface area contributed by atoms with Gasteiger partial charge in [0.2, 0.25) is 0 Å². The SMILES string of the molecule is CC(C)(C)OC(=O)N(c1ccc(F)cc1)C(C=O)C1CC1. The van der Waals surface area contributed by atoms with Gasteiger partial charge in [-0.3, -0.25) is 4.90 Å². The van der Waals surface area contributed by atoms with Crippen molar-refractivity contribution in [1.82, 2.24) is 0 Å². The van der Waals surface area contributed by atoms with Gasteiger partial charge in [-0.2, -0.15) is 0 Å². The second-order valence-electron chi connectivity index (χ2n) is 6.29. The predicted octanol–water partition coefficient (Wildman–Crippen LogP) is 3.54. The number of aldehydes is 1. The molecule has 1 aromatic carbocycles. The molecule has 0 aliphatic heterocycles. The quantitative estimate of drug-likeness (QED) is 0.798. The molecule has 0 heterocycles. The first kappa shape index (κ1) is 15.5. The monoisotopic (exact) mass is 293 g/mol. The number of carbonyl (C=O) groups excluding carboxylic acids is 2. The van der Waals surface area contributed by atoms with E-state index in [0.717, 1.165) is 19.1 Å². The van der Waals surface area contributed by atoms with E-state index in [1.807, 2.05) is 0 Å². The van der Waals surface area contributed by atoms with Crippen LogP contribution in [-0.4, -0.2) is 24.0 Å². The summed E-state index contributed by atoms with van der Waals surface area (Å²) in [6, 6.07) is 4.93. The van der Waals surface area contributed by atoms with Gasteiger partial charge in [0.05, 0.1) is 6.04 Å². The van der Waals surface area contributed by atoms with Gasteiger partial charge >= 0.3 is 6.09 Å². The normalized spacial score (nSPS) is 16.2. The van der Waals surface area contributed by atoms with Crippen LogP contribution in [0, 0.1) is 11.7 Å². The minimum atomic E-state index is -0.660. The molecular formula is C16H20FNO3. The van der Waals surface area contributed by atoms with Crippen LogP contribution < -0.4 is 4.90 Å². The average molecular weight is 293 g/mol. The molecule has 1 aromatic rings. The zero-order chi connectivity index (χ0) is 15.6. The summed E-state index contributed by atoms with van der Waals surface area (Å²) < 4.78 is 18.5. The van der Waals surface area contributed by atoms with E-state index in [9.17, 15) is 14.0 Å². The Hall–Kier alpha value is -1.91. The molecule has 0 aromatic heterocycles. The van der Waals surface area contributed by atoms with Crippen molar-refractivity contribution < 1.29 is 18.7 Å². The molecule has 1 fully saturated rings. The molecule has 114 valence electrons. The second-order valence-corrected chi connectivity index (χ2v) is 6.29. The van der Waals surface area contributed by atoms with Crippen LogP contribution in [-0.2, 0) is 9.53 Å². The largest absolute Gasteiger partial charge is 0.443 e. The number of benzene rings is 1. The molecule has 5 heteroatoms. The van der Waals surface area contributed by atoms with E-state index in [1.165, 1.54) is 29.2 Å². The lowest BCUT2D eigenvalue weighted by Gasteiger charge is -2.31. The third-order valence-electron chi connectivity index (χ3n) is 3.24. The Kier molecular flexibility index (Phi) is 4.30. The summed E-state index contributed by atoms with van der Waals surface area (Å²) in [4.78, 5) is 25.2. The Morgan fingerprint density at radius 3 is 2.33 bits per heavy atom. The lowest BCUT2D eigenvalue weighted by atomic mass is 10.1. The van der Waals surface area contributed by atoms with Gasteiger partial charge in [-0.05, 0) is 63.8 Å². The van der Waals surface area contributed by atoms with E-state index in [4.69, 9.17) is 4.74 Å². The highest BCUT2D eigenvalue weighted by atomic mass is 19.1. The highest BCUT2D eigenvalue weighted by Gasteiger charge is 2.39. The van der Waals surface area contributed by atoms with Crippen LogP contribution in [0.3, 0.4) is 0 Å². The molecule has 0 bridgehead atoms. The smallest absolute Gasteiger partial charge is 0.415 e. The molecule has 1 atom stereocenters. The number of ether oxygens (including phenoxy) is 1. The molecule has 1 aliphatic carbocycles. The fourth-order valence-corrected chi connectivity index (χ4v) is 2.13. The van der Waals surface area contributed by atoms with Crippen LogP contribution in [0.25, 0.3) is 0 Å². The molecule has 2 rings (SSSR count). The molecule has 0 N–H and O–H groups in total. The Bertz CT molecular complexity index is 517. The number of anilines is 1. The molecule has 0 radical (unpaired) electrons. The molecule has 1 unspecified atom stereocenters. The molecule has 21 heavy (non-hydrogen) atoms. The average Bonchev–Trinajstić information content (AvgIpc) is 3.19. The van der Waals surface area contributed by atoms with E-state index in [0.29, 0.717) is 5.69 Å². The van der Waals surface area contributed by atoms with Crippen molar-refractivity contribution in [1.29, 1.82) is 0 Å². The first-order valence-electron chi connectivity index (χ1n) is 7.05. The number of halogens is 1. The van der Waals surface area contributed by atoms with Crippen LogP contribution >= 0.6 is 0 Å². The first-order valence-corrected chi connectivity index (χ1v) is 7.05. The van der Waals surface area contributed by atoms with Crippen LogP contribution in [0.5, 0.6) is 0 Å². The maximum atomic E-state index is 13.1. The number of carbonyl (C=O) groups is 2. The number of hydrogen-bond donors (Lipinski definition) is 0. The molecule has 4 nitrogen and oxygen atoms in total. The summed E-state index contributed by atoms with van der Waals surface area (Å²) in [5.74, 6) is -0.239. The molecule has 1 saturated carbocycles. The van der Waals surface area contributed by atoms with Gasteiger partial charge in [0, 0.05) is 5.69 Å². The van der Waals surface area contributed by atoms with Crippen molar-refractivity contribution in [2.75, 3.05) is 4.90 Å². The van der Waals surface area contributed by atoms with Gasteiger partial charge in [0.15, 0.2) is 0 Å². The van der Waals surface area contributed by atoms with Crippen molar-refractivity contribution in [3.8, 4) is 0 Å². The second kappa shape index (κ2) is 5.84. The van der Waals surface area contributed by atoms with Gasteiger partial charge < -0.3 is 9.53 Å². The van der Waals surface area contributed by atoms with Crippen molar-refractivity contribution in [3.63, 3.8) is 0 Å². The minimum Gasteiger partial charge on any atom is -0.443 e. The van der Waals surface area contributed by atoms with Gasteiger partial charge in [-0.25, -0.2) is 9.18 Å². The summed E-state index contributed by atoms with van der Waals surface area (Å²) in [6.07, 6.45) is 2.00. The van der Waals surface area contributed by atoms with Crippen molar-refractivity contribution in [2.24, 2.45) is 5.92 Å². The summed E-state index contributed by atoms with van der Waals surface area (Å²) in [7, 11) is 0. The summed E-state index contributed by atoms with van der Waals surface area (Å²) in [6.45, 7) is 5.29. The van der Waals surface area contributed by atoms with Crippen molar-refractivity contribution in [2.45, 2.75) is 45.3 Å². The lowest BCUT2D eigenvalue weighted by molar-refractivity contribution is -0.109. The van der Waals surface area contributed by atoms with E-state index in [1.54, 1.807) is 20.8 Å². The maximum Gasteiger partial charge on any atom is 0.415 e. The first-order chi connectivity index (χ1) is 9.81. The molecule has 0 saturated heterocycles. The van der Waals surface area contributed by atoms with Crippen LogP contribution in [0.4, 0.5) is 14.9 Å². The third kappa shape index (κ3) is 4.03. The van der Waals surface area contributed by atoms with Gasteiger partial charge in [0.25, 0.3) is 0 Å². The van der Waals surface area contributed by atoms with Crippen LogP contribution in [0.2, 0.25) is 0 Å². The Balaban J connectivity index is 2.31. The number of hydrogen-bond acceptors (Lipinski definition) is 3. The zero-order valence-electron chi connectivity index (χ0n) is 12.5. The van der Waals surface area contributed by atoms with Crippen LogP contribution in [0.1, 0.15) is 33.6 Å². The van der Waals surface area contributed by atoms with Crippen LogP contribution in [0.15, 0.2) is 24.3 Å². The number of rotatable bonds is 4. The summed E-state index contributed by atoms with van der Waals surface area (Å²) >= 11 is 0. The molecule has 1 amide bonds. The lowest BCUT2D eigenvalue weighted by Crippen LogP contribution is -2.45. The molecular weight excluding hydrogens is 273 g/mol. The summed E-state index contributed by atoms with van der Waals surface area (Å²) in [5.41, 5.74) is -0.193. The fraction of sp³-hybridized carbons (Fsp3) is 0.500. The highest BCUT2D eigenvalue weighted by molar-refractivity contribution is 5.93. The van der Waals surface area contributed by atoms with E-state index in [2.05, 4.69) is 0 Å². The standard InChI is InChI=1S/C16H20FNO3/c1-16(2,3)21-15(20)18(14(10-19)11-4-5-11)13-8-6-12(17)7-9-13/h6-11,14H,4-5H2,1-3H3. The van der Waals surface area contributed by atoms with Gasteiger partial charge in [0.1, 0.15) is 17.7 Å². The van der Waals surface area contributed by atoms with E-state index in [-0.39, 0.29) is 5.92 Å².